The molecular formula is C21H20ClN3O3S. The fourth-order valence-electron chi connectivity index (χ4n) is 3.57. The first-order chi connectivity index (χ1) is 13.9. The van der Waals surface area contributed by atoms with E-state index in [0.29, 0.717) is 35.6 Å². The maximum absolute atomic E-state index is 12.9. The molecule has 6 nitrogen and oxygen atoms in total. The van der Waals surface area contributed by atoms with Crippen LogP contribution in [-0.2, 0) is 14.8 Å². The second-order valence-corrected chi connectivity index (χ2v) is 9.40. The van der Waals surface area contributed by atoms with Crippen molar-refractivity contribution in [3.05, 3.63) is 65.8 Å². The summed E-state index contributed by atoms with van der Waals surface area (Å²) in [4.78, 5) is 17.4. The van der Waals surface area contributed by atoms with E-state index in [2.05, 4.69) is 10.3 Å². The number of benzene rings is 2. The van der Waals surface area contributed by atoms with Crippen LogP contribution in [0.3, 0.4) is 0 Å². The van der Waals surface area contributed by atoms with Crippen LogP contribution in [0.5, 0.6) is 0 Å². The van der Waals surface area contributed by atoms with E-state index in [0.717, 1.165) is 5.39 Å². The lowest BCUT2D eigenvalue weighted by Gasteiger charge is -2.31. The Kier molecular flexibility index (Phi) is 5.54. The third kappa shape index (κ3) is 4.12. The Balaban J connectivity index is 1.52. The zero-order valence-corrected chi connectivity index (χ0v) is 17.2. The predicted octanol–water partition coefficient (Wildman–Crippen LogP) is 3.93. The molecule has 2 heterocycles. The summed E-state index contributed by atoms with van der Waals surface area (Å²) >= 11 is 5.86. The van der Waals surface area contributed by atoms with Gasteiger partial charge in [0, 0.05) is 29.7 Å². The largest absolute Gasteiger partial charge is 0.324 e. The molecule has 1 atom stereocenters. The van der Waals surface area contributed by atoms with Gasteiger partial charge in [-0.2, -0.15) is 4.31 Å². The van der Waals surface area contributed by atoms with Crippen molar-refractivity contribution in [2.75, 3.05) is 18.4 Å². The molecule has 4 rings (SSSR count). The highest BCUT2D eigenvalue weighted by atomic mass is 35.5. The van der Waals surface area contributed by atoms with Gasteiger partial charge >= 0.3 is 0 Å². The summed E-state index contributed by atoms with van der Waals surface area (Å²) in [6.45, 7) is 0.541. The Morgan fingerprint density at radius 1 is 1.10 bits per heavy atom. The summed E-state index contributed by atoms with van der Waals surface area (Å²) in [5.74, 6) is -0.621. The van der Waals surface area contributed by atoms with Crippen LogP contribution < -0.4 is 5.32 Å². The number of halogens is 1. The molecular weight excluding hydrogens is 410 g/mol. The molecule has 1 amide bonds. The summed E-state index contributed by atoms with van der Waals surface area (Å²) in [6, 6.07) is 15.4. The van der Waals surface area contributed by atoms with Crippen molar-refractivity contribution in [2.24, 2.45) is 5.92 Å². The summed E-state index contributed by atoms with van der Waals surface area (Å²) in [7, 11) is -3.67. The van der Waals surface area contributed by atoms with E-state index in [1.165, 1.54) is 16.4 Å². The lowest BCUT2D eigenvalue weighted by molar-refractivity contribution is -0.120. The third-order valence-corrected chi connectivity index (χ3v) is 7.23. The van der Waals surface area contributed by atoms with Gasteiger partial charge in [-0.3, -0.25) is 9.78 Å². The fourth-order valence-corrected chi connectivity index (χ4v) is 5.22. The van der Waals surface area contributed by atoms with Crippen molar-refractivity contribution in [1.82, 2.24) is 9.29 Å². The summed E-state index contributed by atoms with van der Waals surface area (Å²) in [6.07, 6.45) is 2.94. The lowest BCUT2D eigenvalue weighted by atomic mass is 9.98. The molecule has 8 heteroatoms. The van der Waals surface area contributed by atoms with E-state index in [-0.39, 0.29) is 17.3 Å². The van der Waals surface area contributed by atoms with Crippen molar-refractivity contribution in [3.63, 3.8) is 0 Å². The summed E-state index contributed by atoms with van der Waals surface area (Å²) in [5.41, 5.74) is 1.34. The molecule has 1 fully saturated rings. The van der Waals surface area contributed by atoms with Gasteiger partial charge in [-0.25, -0.2) is 8.42 Å². The number of amides is 1. The van der Waals surface area contributed by atoms with Crippen LogP contribution in [0, 0.1) is 5.92 Å². The second-order valence-electron chi connectivity index (χ2n) is 7.03. The second kappa shape index (κ2) is 8.10. The maximum atomic E-state index is 12.9. The number of rotatable bonds is 4. The molecule has 0 spiro atoms. The monoisotopic (exact) mass is 429 g/mol. The zero-order chi connectivity index (χ0) is 20.4. The van der Waals surface area contributed by atoms with Crippen LogP contribution in [0.1, 0.15) is 12.8 Å². The first kappa shape index (κ1) is 19.8. The molecule has 29 heavy (non-hydrogen) atoms. The van der Waals surface area contributed by atoms with Crippen LogP contribution in [0.15, 0.2) is 65.7 Å². The number of carbonyl (C=O) groups excluding carboxylic acids is 1. The number of aromatic nitrogens is 1. The highest BCUT2D eigenvalue weighted by Gasteiger charge is 2.33. The number of anilines is 1. The van der Waals surface area contributed by atoms with E-state index < -0.39 is 15.9 Å². The fraction of sp³-hybridized carbons (Fsp3) is 0.238. The van der Waals surface area contributed by atoms with Crippen LogP contribution in [0.25, 0.3) is 10.9 Å². The van der Waals surface area contributed by atoms with E-state index in [9.17, 15) is 13.2 Å². The number of sulfonamides is 1. The van der Waals surface area contributed by atoms with Crippen LogP contribution >= 0.6 is 11.6 Å². The first-order valence-corrected chi connectivity index (χ1v) is 11.2. The van der Waals surface area contributed by atoms with Gasteiger partial charge in [-0.15, -0.1) is 0 Å². The molecule has 1 saturated heterocycles. The van der Waals surface area contributed by atoms with Crippen molar-refractivity contribution >= 4 is 44.1 Å². The molecule has 0 saturated carbocycles. The average molecular weight is 430 g/mol. The molecule has 3 aromatic rings. The average Bonchev–Trinajstić information content (AvgIpc) is 2.74. The van der Waals surface area contributed by atoms with Crippen molar-refractivity contribution in [2.45, 2.75) is 17.7 Å². The number of nitrogens with zero attached hydrogens (tertiary/aromatic N) is 2. The van der Waals surface area contributed by atoms with Crippen molar-refractivity contribution in [3.8, 4) is 0 Å². The molecule has 0 radical (unpaired) electrons. The third-order valence-electron chi connectivity index (χ3n) is 5.10. The number of hydrogen-bond acceptors (Lipinski definition) is 4. The van der Waals surface area contributed by atoms with Gasteiger partial charge in [-0.1, -0.05) is 29.8 Å². The minimum Gasteiger partial charge on any atom is -0.324 e. The quantitative estimate of drug-likeness (QED) is 0.681. The molecule has 1 aliphatic rings. The number of para-hydroxylation sites is 1. The van der Waals surface area contributed by atoms with Crippen LogP contribution in [0.2, 0.25) is 5.02 Å². The molecule has 0 aliphatic carbocycles. The number of hydrogen-bond donors (Lipinski definition) is 1. The predicted molar refractivity (Wildman–Crippen MR) is 113 cm³/mol. The molecule has 0 unspecified atom stereocenters. The van der Waals surface area contributed by atoms with E-state index in [1.807, 2.05) is 24.3 Å². The lowest BCUT2D eigenvalue weighted by Crippen LogP contribution is -2.43. The first-order valence-electron chi connectivity index (χ1n) is 9.35. The normalized spacial score (nSPS) is 17.9. The van der Waals surface area contributed by atoms with Gasteiger partial charge in [0.2, 0.25) is 15.9 Å². The highest BCUT2D eigenvalue weighted by molar-refractivity contribution is 7.89. The number of piperidine rings is 1. The van der Waals surface area contributed by atoms with Crippen LogP contribution in [0.4, 0.5) is 5.69 Å². The van der Waals surface area contributed by atoms with Crippen molar-refractivity contribution < 1.29 is 13.2 Å². The van der Waals surface area contributed by atoms with E-state index in [4.69, 9.17) is 11.6 Å². The Bertz CT molecular complexity index is 1140. The number of carbonyl (C=O) groups is 1. The van der Waals surface area contributed by atoms with E-state index in [1.54, 1.807) is 24.4 Å². The van der Waals surface area contributed by atoms with Crippen LogP contribution in [-0.4, -0.2) is 36.7 Å². The van der Waals surface area contributed by atoms with Gasteiger partial charge in [0.15, 0.2) is 0 Å². The Labute approximate surface area is 174 Å². The number of pyridine rings is 1. The molecule has 150 valence electrons. The van der Waals surface area contributed by atoms with Gasteiger partial charge in [-0.05, 0) is 49.2 Å². The maximum Gasteiger partial charge on any atom is 0.243 e. The topological polar surface area (TPSA) is 79.4 Å². The molecule has 1 aliphatic heterocycles. The molecule has 1 aromatic heterocycles. The molecule has 1 N–H and O–H groups in total. The zero-order valence-electron chi connectivity index (χ0n) is 15.6. The van der Waals surface area contributed by atoms with Gasteiger partial charge < -0.3 is 5.32 Å². The standard InChI is InChI=1S/C21H20ClN3O3S/c22-17-8-10-18(11-9-17)29(27,28)25-13-3-6-16(14-25)21(26)24-19-7-1-4-15-5-2-12-23-20(15)19/h1-2,4-5,7-12,16H,3,6,13-14H2,(H,24,26)/t16-/m0/s1. The van der Waals surface area contributed by atoms with Gasteiger partial charge in [0.05, 0.1) is 22.0 Å². The Hall–Kier alpha value is -2.48. The summed E-state index contributed by atoms with van der Waals surface area (Å²) < 4.78 is 27.3. The summed E-state index contributed by atoms with van der Waals surface area (Å²) in [5, 5.41) is 4.34. The van der Waals surface area contributed by atoms with Gasteiger partial charge in [0.1, 0.15) is 0 Å². The minimum atomic E-state index is -3.67. The SMILES string of the molecule is O=C(Nc1cccc2cccnc12)[C@H]1CCCN(S(=O)(=O)c2ccc(Cl)cc2)C1. The Morgan fingerprint density at radius 2 is 1.86 bits per heavy atom. The molecule has 2 aromatic carbocycles. The minimum absolute atomic E-state index is 0.148. The van der Waals surface area contributed by atoms with Crippen molar-refractivity contribution in [1.29, 1.82) is 0 Å². The number of fused-ring (bicyclic) bond motifs is 1. The smallest absolute Gasteiger partial charge is 0.243 e. The Morgan fingerprint density at radius 3 is 2.66 bits per heavy atom. The van der Waals surface area contributed by atoms with E-state index >= 15 is 0 Å². The highest BCUT2D eigenvalue weighted by Crippen LogP contribution is 2.27. The van der Waals surface area contributed by atoms with Gasteiger partial charge in [0.25, 0.3) is 0 Å². The number of nitrogens with one attached hydrogen (secondary N) is 1. The molecule has 0 bridgehead atoms.